The highest BCUT2D eigenvalue weighted by Crippen LogP contribution is 2.09. The highest BCUT2D eigenvalue weighted by atomic mass is 79.9. The van der Waals surface area contributed by atoms with Gasteiger partial charge >= 0.3 is 5.69 Å². The molecule has 0 amide bonds. The SMILES string of the molecule is Cn1c(=O)c2nc(N/N=C\c3ccc(Br)cc3)cnc2n(C)c1=O. The summed E-state index contributed by atoms with van der Waals surface area (Å²) in [5, 5.41) is 4.07. The van der Waals surface area contributed by atoms with Gasteiger partial charge in [0.2, 0.25) is 0 Å². The van der Waals surface area contributed by atoms with E-state index in [0.717, 1.165) is 14.6 Å². The first-order valence-corrected chi connectivity index (χ1v) is 7.74. The number of nitrogens with one attached hydrogen (secondary N) is 1. The van der Waals surface area contributed by atoms with Crippen LogP contribution in [0.25, 0.3) is 11.2 Å². The van der Waals surface area contributed by atoms with E-state index in [1.54, 1.807) is 6.21 Å². The number of nitrogens with zero attached hydrogens (tertiary/aromatic N) is 5. The normalized spacial score (nSPS) is 11.3. The summed E-state index contributed by atoms with van der Waals surface area (Å²) < 4.78 is 3.25. The van der Waals surface area contributed by atoms with Gasteiger partial charge in [-0.15, -0.1) is 0 Å². The van der Waals surface area contributed by atoms with E-state index in [-0.39, 0.29) is 11.2 Å². The van der Waals surface area contributed by atoms with Gasteiger partial charge in [0.05, 0.1) is 12.4 Å². The fraction of sp³-hybridized carbons (Fsp3) is 0.133. The van der Waals surface area contributed by atoms with Crippen molar-refractivity contribution in [1.29, 1.82) is 0 Å². The minimum absolute atomic E-state index is 0.100. The van der Waals surface area contributed by atoms with E-state index in [0.29, 0.717) is 5.82 Å². The molecule has 0 radical (unpaired) electrons. The zero-order valence-corrected chi connectivity index (χ0v) is 14.5. The Bertz CT molecular complexity index is 1050. The summed E-state index contributed by atoms with van der Waals surface area (Å²) in [5.41, 5.74) is 3.01. The first-order chi connectivity index (χ1) is 11.5. The number of rotatable bonds is 3. The predicted octanol–water partition coefficient (Wildman–Crippen LogP) is 1.24. The summed E-state index contributed by atoms with van der Waals surface area (Å²) in [5.74, 6) is 0.312. The Balaban J connectivity index is 1.92. The van der Waals surface area contributed by atoms with Gasteiger partial charge in [-0.3, -0.25) is 19.4 Å². The van der Waals surface area contributed by atoms with Crippen molar-refractivity contribution >= 4 is 39.1 Å². The summed E-state index contributed by atoms with van der Waals surface area (Å²) >= 11 is 3.36. The molecule has 3 aromatic rings. The quantitative estimate of drug-likeness (QED) is 0.537. The minimum atomic E-state index is -0.499. The van der Waals surface area contributed by atoms with Crippen LogP contribution < -0.4 is 16.7 Å². The van der Waals surface area contributed by atoms with E-state index in [1.807, 2.05) is 24.3 Å². The lowest BCUT2D eigenvalue weighted by atomic mass is 10.2. The second-order valence-electron chi connectivity index (χ2n) is 5.05. The third-order valence-electron chi connectivity index (χ3n) is 3.41. The summed E-state index contributed by atoms with van der Waals surface area (Å²) in [6.45, 7) is 0. The van der Waals surface area contributed by atoms with Crippen molar-refractivity contribution in [3.05, 3.63) is 61.3 Å². The topological polar surface area (TPSA) is 94.2 Å². The fourth-order valence-electron chi connectivity index (χ4n) is 2.11. The number of hydrogen-bond donors (Lipinski definition) is 1. The first-order valence-electron chi connectivity index (χ1n) is 6.95. The van der Waals surface area contributed by atoms with Crippen LogP contribution >= 0.6 is 15.9 Å². The number of anilines is 1. The van der Waals surface area contributed by atoms with Crippen molar-refractivity contribution in [3.63, 3.8) is 0 Å². The molecule has 8 nitrogen and oxygen atoms in total. The maximum atomic E-state index is 12.2. The maximum Gasteiger partial charge on any atom is 0.332 e. The first kappa shape index (κ1) is 16.1. The molecule has 0 aliphatic rings. The zero-order chi connectivity index (χ0) is 17.3. The molecular formula is C15H13BrN6O2. The van der Waals surface area contributed by atoms with Crippen LogP contribution in [-0.4, -0.2) is 25.3 Å². The molecule has 0 aliphatic heterocycles. The molecule has 0 fully saturated rings. The molecule has 0 atom stereocenters. The van der Waals surface area contributed by atoms with E-state index in [4.69, 9.17) is 0 Å². The van der Waals surface area contributed by atoms with Gasteiger partial charge < -0.3 is 0 Å². The molecular weight excluding hydrogens is 376 g/mol. The van der Waals surface area contributed by atoms with E-state index in [1.165, 1.54) is 24.9 Å². The Morgan fingerprint density at radius 1 is 1.17 bits per heavy atom. The minimum Gasteiger partial charge on any atom is -0.279 e. The molecule has 24 heavy (non-hydrogen) atoms. The Morgan fingerprint density at radius 3 is 2.58 bits per heavy atom. The highest BCUT2D eigenvalue weighted by molar-refractivity contribution is 9.10. The molecule has 0 bridgehead atoms. The van der Waals surface area contributed by atoms with Crippen LogP contribution in [0.15, 0.2) is 49.6 Å². The van der Waals surface area contributed by atoms with Crippen LogP contribution in [0.3, 0.4) is 0 Å². The Kier molecular flexibility index (Phi) is 4.26. The van der Waals surface area contributed by atoms with E-state index < -0.39 is 11.2 Å². The van der Waals surface area contributed by atoms with Gasteiger partial charge in [0.15, 0.2) is 17.0 Å². The average molecular weight is 389 g/mol. The molecule has 2 heterocycles. The van der Waals surface area contributed by atoms with Crippen LogP contribution in [0.5, 0.6) is 0 Å². The third-order valence-corrected chi connectivity index (χ3v) is 3.94. The predicted molar refractivity (Wildman–Crippen MR) is 95.4 cm³/mol. The van der Waals surface area contributed by atoms with Gasteiger partial charge in [-0.25, -0.2) is 14.8 Å². The molecule has 0 saturated carbocycles. The van der Waals surface area contributed by atoms with Crippen molar-refractivity contribution in [2.45, 2.75) is 0 Å². The molecule has 0 spiro atoms. The van der Waals surface area contributed by atoms with Gasteiger partial charge in [-0.05, 0) is 17.7 Å². The van der Waals surface area contributed by atoms with Crippen LogP contribution in [0.1, 0.15) is 5.56 Å². The largest absolute Gasteiger partial charge is 0.332 e. The molecule has 3 rings (SSSR count). The zero-order valence-electron chi connectivity index (χ0n) is 12.9. The van der Waals surface area contributed by atoms with Crippen LogP contribution in [0, 0.1) is 0 Å². The van der Waals surface area contributed by atoms with Crippen molar-refractivity contribution in [1.82, 2.24) is 19.1 Å². The highest BCUT2D eigenvalue weighted by Gasteiger charge is 2.11. The Hall–Kier alpha value is -2.81. The summed E-state index contributed by atoms with van der Waals surface area (Å²) in [6, 6.07) is 7.60. The van der Waals surface area contributed by atoms with Crippen LogP contribution in [0.4, 0.5) is 5.82 Å². The second kappa shape index (κ2) is 6.36. The van der Waals surface area contributed by atoms with E-state index in [9.17, 15) is 9.59 Å². The smallest absolute Gasteiger partial charge is 0.279 e. The number of fused-ring (bicyclic) bond motifs is 1. The van der Waals surface area contributed by atoms with E-state index in [2.05, 4.69) is 36.4 Å². The van der Waals surface area contributed by atoms with Gasteiger partial charge in [0.25, 0.3) is 5.56 Å². The molecule has 1 N–H and O–H groups in total. The summed E-state index contributed by atoms with van der Waals surface area (Å²) in [4.78, 5) is 32.3. The number of hydrogen-bond acceptors (Lipinski definition) is 6. The van der Waals surface area contributed by atoms with Crippen molar-refractivity contribution < 1.29 is 0 Å². The average Bonchev–Trinajstić information content (AvgIpc) is 2.59. The number of hydrazone groups is 1. The number of aryl methyl sites for hydroxylation is 1. The standard InChI is InChI=1S/C15H13BrN6O2/c1-21-13-12(14(23)22(2)15(21)24)19-11(8-17-13)20-18-7-9-3-5-10(16)6-4-9/h3-8H,1-2H3,(H,19,20)/b18-7-. The van der Waals surface area contributed by atoms with E-state index >= 15 is 0 Å². The van der Waals surface area contributed by atoms with Crippen molar-refractivity contribution in [3.8, 4) is 0 Å². The third kappa shape index (κ3) is 2.98. The van der Waals surface area contributed by atoms with Crippen LogP contribution in [-0.2, 0) is 14.1 Å². The second-order valence-corrected chi connectivity index (χ2v) is 5.97. The lowest BCUT2D eigenvalue weighted by Gasteiger charge is -2.06. The summed E-state index contributed by atoms with van der Waals surface area (Å²) in [7, 11) is 2.94. The van der Waals surface area contributed by atoms with Crippen LogP contribution in [0.2, 0.25) is 0 Å². The molecule has 0 unspecified atom stereocenters. The molecule has 0 saturated heterocycles. The van der Waals surface area contributed by atoms with Gasteiger partial charge in [-0.2, -0.15) is 5.10 Å². The Labute approximate surface area is 144 Å². The molecule has 2 aromatic heterocycles. The lowest BCUT2D eigenvalue weighted by Crippen LogP contribution is -2.37. The maximum absolute atomic E-state index is 12.2. The molecule has 0 aliphatic carbocycles. The molecule has 9 heteroatoms. The molecule has 122 valence electrons. The number of aromatic nitrogens is 4. The molecule has 1 aromatic carbocycles. The number of halogens is 1. The number of benzene rings is 1. The Morgan fingerprint density at radius 2 is 1.88 bits per heavy atom. The fourth-order valence-corrected chi connectivity index (χ4v) is 2.37. The van der Waals surface area contributed by atoms with Crippen molar-refractivity contribution in [2.24, 2.45) is 19.2 Å². The summed E-state index contributed by atoms with van der Waals surface area (Å²) in [6.07, 6.45) is 3.04. The van der Waals surface area contributed by atoms with Gasteiger partial charge in [0.1, 0.15) is 0 Å². The van der Waals surface area contributed by atoms with Gasteiger partial charge in [0, 0.05) is 18.6 Å². The van der Waals surface area contributed by atoms with Crippen molar-refractivity contribution in [2.75, 3.05) is 5.43 Å². The monoisotopic (exact) mass is 388 g/mol. The lowest BCUT2D eigenvalue weighted by molar-refractivity contribution is 0.704. The van der Waals surface area contributed by atoms with Gasteiger partial charge in [-0.1, -0.05) is 28.1 Å².